The molecule has 2 aromatic carbocycles. The van der Waals surface area contributed by atoms with Crippen LogP contribution in [0.25, 0.3) is 11.1 Å². The van der Waals surface area contributed by atoms with Crippen LogP contribution in [0.3, 0.4) is 0 Å². The van der Waals surface area contributed by atoms with Crippen LogP contribution in [0.15, 0.2) is 79.0 Å². The minimum Gasteiger partial charge on any atom is -0.353 e. The van der Waals surface area contributed by atoms with Gasteiger partial charge in [-0.3, -0.25) is 9.59 Å². The van der Waals surface area contributed by atoms with Gasteiger partial charge in [0.2, 0.25) is 5.91 Å². The quantitative estimate of drug-likeness (QED) is 0.558. The topological polar surface area (TPSA) is 56.8 Å². The fourth-order valence-corrected chi connectivity index (χ4v) is 5.94. The standard InChI is InChI=1S/C30H32N4O2/c35-28(25-11-9-24(10-12-25)23-6-2-1-3-7-23)33-16-13-30(14-17-33)22-26(30)29(36)34-20-18-32(19-21-34)27-8-4-5-15-31-27/h1-12,15,26H,13-14,16-22H2/t26-/m1/s1. The molecule has 3 aliphatic rings. The van der Waals surface area contributed by atoms with Crippen LogP contribution in [0.4, 0.5) is 5.82 Å². The lowest BCUT2D eigenvalue weighted by Gasteiger charge is -2.37. The zero-order chi connectivity index (χ0) is 24.5. The Morgan fingerprint density at radius 3 is 2.06 bits per heavy atom. The van der Waals surface area contributed by atoms with E-state index in [1.54, 1.807) is 0 Å². The number of anilines is 1. The van der Waals surface area contributed by atoms with E-state index < -0.39 is 0 Å². The van der Waals surface area contributed by atoms with Crippen LogP contribution >= 0.6 is 0 Å². The van der Waals surface area contributed by atoms with Crippen molar-refractivity contribution in [2.24, 2.45) is 11.3 Å². The highest BCUT2D eigenvalue weighted by molar-refractivity contribution is 5.95. The molecule has 184 valence electrons. The third kappa shape index (κ3) is 4.36. The second-order valence-corrected chi connectivity index (χ2v) is 10.4. The van der Waals surface area contributed by atoms with Gasteiger partial charge < -0.3 is 14.7 Å². The van der Waals surface area contributed by atoms with Crippen LogP contribution in [0, 0.1) is 11.3 Å². The number of carbonyl (C=O) groups is 2. The van der Waals surface area contributed by atoms with E-state index >= 15 is 0 Å². The Labute approximate surface area is 212 Å². The summed E-state index contributed by atoms with van der Waals surface area (Å²) in [5.74, 6) is 1.52. The third-order valence-corrected chi connectivity index (χ3v) is 8.34. The highest BCUT2D eigenvalue weighted by Gasteiger charge is 2.59. The molecule has 1 aliphatic carbocycles. The summed E-state index contributed by atoms with van der Waals surface area (Å²) in [5.41, 5.74) is 3.10. The Kier molecular flexibility index (Phi) is 5.96. The third-order valence-electron chi connectivity index (χ3n) is 8.34. The predicted octanol–water partition coefficient (Wildman–Crippen LogP) is 4.34. The second-order valence-electron chi connectivity index (χ2n) is 10.4. The van der Waals surface area contributed by atoms with E-state index in [1.165, 1.54) is 0 Å². The first-order valence-corrected chi connectivity index (χ1v) is 13.0. The van der Waals surface area contributed by atoms with Crippen molar-refractivity contribution in [3.8, 4) is 11.1 Å². The van der Waals surface area contributed by atoms with Gasteiger partial charge in [0.15, 0.2) is 0 Å². The Morgan fingerprint density at radius 2 is 1.39 bits per heavy atom. The number of hydrogen-bond acceptors (Lipinski definition) is 4. The van der Waals surface area contributed by atoms with E-state index in [-0.39, 0.29) is 17.2 Å². The summed E-state index contributed by atoms with van der Waals surface area (Å²) in [6.07, 6.45) is 4.63. The van der Waals surface area contributed by atoms with Gasteiger partial charge in [-0.2, -0.15) is 0 Å². The lowest BCUT2D eigenvalue weighted by Crippen LogP contribution is -2.50. The summed E-state index contributed by atoms with van der Waals surface area (Å²) in [7, 11) is 0. The molecule has 0 unspecified atom stereocenters. The van der Waals surface area contributed by atoms with Crippen LogP contribution in [-0.4, -0.2) is 65.9 Å². The maximum absolute atomic E-state index is 13.3. The molecule has 2 aliphatic heterocycles. The molecule has 2 saturated heterocycles. The SMILES string of the molecule is O=C(c1ccc(-c2ccccc2)cc1)N1CCC2(CC1)C[C@@H]2C(=O)N1CCN(c2ccccn2)CC1. The van der Waals surface area contributed by atoms with E-state index in [0.717, 1.165) is 81.0 Å². The van der Waals surface area contributed by atoms with Crippen molar-refractivity contribution in [3.05, 3.63) is 84.6 Å². The predicted molar refractivity (Wildman–Crippen MR) is 141 cm³/mol. The first-order valence-electron chi connectivity index (χ1n) is 13.0. The first-order chi connectivity index (χ1) is 17.6. The van der Waals surface area contributed by atoms with Gasteiger partial charge in [0.1, 0.15) is 5.82 Å². The summed E-state index contributed by atoms with van der Waals surface area (Å²) in [5, 5.41) is 0. The zero-order valence-corrected chi connectivity index (χ0v) is 20.6. The Balaban J connectivity index is 1.01. The Hall–Kier alpha value is -3.67. The maximum Gasteiger partial charge on any atom is 0.253 e. The lowest BCUT2D eigenvalue weighted by molar-refractivity contribution is -0.134. The lowest BCUT2D eigenvalue weighted by atomic mass is 9.90. The highest BCUT2D eigenvalue weighted by Crippen LogP contribution is 2.60. The molecule has 0 radical (unpaired) electrons. The first kappa shape index (κ1) is 22.8. The number of likely N-dealkylation sites (tertiary alicyclic amines) is 1. The van der Waals surface area contributed by atoms with Crippen molar-refractivity contribution in [3.63, 3.8) is 0 Å². The largest absolute Gasteiger partial charge is 0.353 e. The molecule has 3 heterocycles. The normalized spacial score (nSPS) is 20.9. The molecule has 0 N–H and O–H groups in total. The molecule has 36 heavy (non-hydrogen) atoms. The molecule has 0 bridgehead atoms. The van der Waals surface area contributed by atoms with E-state index in [9.17, 15) is 9.59 Å². The fraction of sp³-hybridized carbons (Fsp3) is 0.367. The number of benzene rings is 2. The fourth-order valence-electron chi connectivity index (χ4n) is 5.94. The minimum absolute atomic E-state index is 0.0960. The van der Waals surface area contributed by atoms with Crippen LogP contribution in [0.2, 0.25) is 0 Å². The van der Waals surface area contributed by atoms with Gasteiger partial charge in [-0.25, -0.2) is 4.98 Å². The van der Waals surface area contributed by atoms with Gasteiger partial charge >= 0.3 is 0 Å². The van der Waals surface area contributed by atoms with Crippen LogP contribution in [0.1, 0.15) is 29.6 Å². The molecule has 6 heteroatoms. The number of nitrogens with zero attached hydrogens (tertiary/aromatic N) is 4. The monoisotopic (exact) mass is 480 g/mol. The molecule has 3 aromatic rings. The van der Waals surface area contributed by atoms with Crippen molar-refractivity contribution in [2.75, 3.05) is 44.2 Å². The van der Waals surface area contributed by atoms with Crippen molar-refractivity contribution in [1.29, 1.82) is 0 Å². The van der Waals surface area contributed by atoms with Crippen LogP contribution in [0.5, 0.6) is 0 Å². The van der Waals surface area contributed by atoms with E-state index in [4.69, 9.17) is 0 Å². The number of piperazine rings is 1. The smallest absolute Gasteiger partial charge is 0.253 e. The Morgan fingerprint density at radius 1 is 0.722 bits per heavy atom. The number of piperidine rings is 1. The molecule has 1 aromatic heterocycles. The van der Waals surface area contributed by atoms with Gasteiger partial charge in [-0.15, -0.1) is 0 Å². The number of pyridine rings is 1. The molecular weight excluding hydrogens is 448 g/mol. The molecule has 1 atom stereocenters. The van der Waals surface area contributed by atoms with Crippen molar-refractivity contribution in [2.45, 2.75) is 19.3 Å². The maximum atomic E-state index is 13.3. The summed E-state index contributed by atoms with van der Waals surface area (Å²) >= 11 is 0. The number of aromatic nitrogens is 1. The van der Waals surface area contributed by atoms with Gasteiger partial charge in [0, 0.05) is 56.9 Å². The van der Waals surface area contributed by atoms with E-state index in [1.807, 2.05) is 76.7 Å². The van der Waals surface area contributed by atoms with Crippen LogP contribution in [-0.2, 0) is 4.79 Å². The van der Waals surface area contributed by atoms with Gasteiger partial charge in [-0.1, -0.05) is 48.5 Å². The van der Waals surface area contributed by atoms with Crippen LogP contribution < -0.4 is 4.90 Å². The average Bonchev–Trinajstić information content (AvgIpc) is 3.66. The summed E-state index contributed by atoms with van der Waals surface area (Å²) in [6.45, 7) is 4.63. The minimum atomic E-state index is 0.0960. The number of carbonyl (C=O) groups excluding carboxylic acids is 2. The zero-order valence-electron chi connectivity index (χ0n) is 20.6. The van der Waals surface area contributed by atoms with E-state index in [2.05, 4.69) is 22.0 Å². The number of rotatable bonds is 4. The highest BCUT2D eigenvalue weighted by atomic mass is 16.2. The molecule has 1 spiro atoms. The summed E-state index contributed by atoms with van der Waals surface area (Å²) in [6, 6.07) is 24.1. The Bertz CT molecular complexity index is 1210. The average molecular weight is 481 g/mol. The molecular formula is C30H32N4O2. The summed E-state index contributed by atoms with van der Waals surface area (Å²) in [4.78, 5) is 37.1. The number of hydrogen-bond donors (Lipinski definition) is 0. The van der Waals surface area contributed by atoms with Gasteiger partial charge in [0.05, 0.1) is 0 Å². The van der Waals surface area contributed by atoms with Crippen molar-refractivity contribution >= 4 is 17.6 Å². The molecule has 3 fully saturated rings. The van der Waals surface area contributed by atoms with Gasteiger partial charge in [0.25, 0.3) is 5.91 Å². The van der Waals surface area contributed by atoms with Crippen molar-refractivity contribution in [1.82, 2.24) is 14.8 Å². The molecule has 6 nitrogen and oxygen atoms in total. The second kappa shape index (κ2) is 9.41. The molecule has 1 saturated carbocycles. The number of amides is 2. The molecule has 2 amide bonds. The molecule has 6 rings (SSSR count). The van der Waals surface area contributed by atoms with Crippen molar-refractivity contribution < 1.29 is 9.59 Å². The summed E-state index contributed by atoms with van der Waals surface area (Å²) < 4.78 is 0. The van der Waals surface area contributed by atoms with E-state index in [0.29, 0.717) is 5.91 Å². The van der Waals surface area contributed by atoms with Gasteiger partial charge in [-0.05, 0) is 60.1 Å².